The van der Waals surface area contributed by atoms with Crippen molar-refractivity contribution in [1.82, 2.24) is 0 Å². The predicted molar refractivity (Wildman–Crippen MR) is 90.8 cm³/mol. The van der Waals surface area contributed by atoms with Crippen LogP contribution in [0, 0.1) is 18.3 Å². The van der Waals surface area contributed by atoms with Gasteiger partial charge >= 0.3 is 5.97 Å². The molecule has 0 atom stereocenters. The average Bonchev–Trinajstić information content (AvgIpc) is 2.62. The number of fused-ring (bicyclic) bond motifs is 1. The van der Waals surface area contributed by atoms with Crippen LogP contribution >= 0.6 is 0 Å². The lowest BCUT2D eigenvalue weighted by molar-refractivity contribution is -0.135. The highest BCUT2D eigenvalue weighted by atomic mass is 16.5. The molecule has 3 rings (SSSR count). The van der Waals surface area contributed by atoms with Gasteiger partial charge in [-0.1, -0.05) is 42.0 Å². The number of carbonyl (C=O) groups is 1. The second kappa shape index (κ2) is 6.43. The van der Waals surface area contributed by atoms with Crippen molar-refractivity contribution in [2.75, 3.05) is 7.11 Å². The molecule has 0 bridgehead atoms. The number of esters is 1. The van der Waals surface area contributed by atoms with Crippen LogP contribution in [0.3, 0.4) is 0 Å². The summed E-state index contributed by atoms with van der Waals surface area (Å²) in [5.74, 6) is 0.526. The number of ether oxygens (including phenoxy) is 2. The van der Waals surface area contributed by atoms with E-state index in [1.807, 2.05) is 61.5 Å². The molecule has 4 heteroatoms. The van der Waals surface area contributed by atoms with Crippen LogP contribution in [0.2, 0.25) is 0 Å². The van der Waals surface area contributed by atoms with Crippen molar-refractivity contribution in [2.24, 2.45) is 0 Å². The topological polar surface area (TPSA) is 59.3 Å². The van der Waals surface area contributed by atoms with E-state index in [1.54, 1.807) is 6.08 Å². The third-order valence-electron chi connectivity index (χ3n) is 3.75. The highest BCUT2D eigenvalue weighted by Gasteiger charge is 2.24. The van der Waals surface area contributed by atoms with Crippen molar-refractivity contribution < 1.29 is 14.3 Å². The van der Waals surface area contributed by atoms with Crippen LogP contribution in [0.5, 0.6) is 5.75 Å². The van der Waals surface area contributed by atoms with E-state index in [1.165, 1.54) is 7.11 Å². The van der Waals surface area contributed by atoms with Gasteiger partial charge in [-0.15, -0.1) is 0 Å². The summed E-state index contributed by atoms with van der Waals surface area (Å²) in [5, 5.41) is 9.45. The number of nitrogens with zero attached hydrogens (tertiary/aromatic N) is 1. The van der Waals surface area contributed by atoms with Crippen molar-refractivity contribution in [3.05, 3.63) is 76.9 Å². The van der Waals surface area contributed by atoms with Gasteiger partial charge in [-0.3, -0.25) is 0 Å². The van der Waals surface area contributed by atoms with Gasteiger partial charge in [0, 0.05) is 16.7 Å². The van der Waals surface area contributed by atoms with Gasteiger partial charge < -0.3 is 9.47 Å². The summed E-state index contributed by atoms with van der Waals surface area (Å²) in [5.41, 5.74) is 3.04. The minimum absolute atomic E-state index is 0.0407. The van der Waals surface area contributed by atoms with Gasteiger partial charge in [0.2, 0.25) is 0 Å². The molecular formula is C20H15NO3. The number of rotatable bonds is 2. The molecule has 118 valence electrons. The lowest BCUT2D eigenvalue weighted by Gasteiger charge is -2.21. The molecule has 2 aromatic rings. The number of methoxy groups -OCH3 is 1. The summed E-state index contributed by atoms with van der Waals surface area (Å²) < 4.78 is 10.7. The van der Waals surface area contributed by atoms with E-state index in [2.05, 4.69) is 0 Å². The molecule has 0 spiro atoms. The van der Waals surface area contributed by atoms with Crippen molar-refractivity contribution in [1.29, 1.82) is 5.26 Å². The van der Waals surface area contributed by atoms with Crippen molar-refractivity contribution in [3.8, 4) is 11.8 Å². The molecule has 4 nitrogen and oxygen atoms in total. The number of nitriles is 1. The Morgan fingerprint density at radius 1 is 1.17 bits per heavy atom. The van der Waals surface area contributed by atoms with Crippen molar-refractivity contribution in [3.63, 3.8) is 0 Å². The zero-order valence-electron chi connectivity index (χ0n) is 13.4. The molecule has 0 N–H and O–H groups in total. The largest absolute Gasteiger partial charge is 0.465 e. The zero-order chi connectivity index (χ0) is 17.1. The van der Waals surface area contributed by atoms with Gasteiger partial charge in [-0.2, -0.15) is 5.26 Å². The van der Waals surface area contributed by atoms with Crippen LogP contribution in [-0.2, 0) is 9.53 Å². The maximum Gasteiger partial charge on any atom is 0.349 e. The molecule has 0 radical (unpaired) electrons. The SMILES string of the molecule is COC(=O)/C(C#N)=C1/C=C(c2ccccc2)Oc2ccc(C)cc21. The molecule has 0 fully saturated rings. The first-order valence-electron chi connectivity index (χ1n) is 7.42. The zero-order valence-corrected chi connectivity index (χ0v) is 13.4. The van der Waals surface area contributed by atoms with Crippen LogP contribution in [0.15, 0.2) is 60.2 Å². The van der Waals surface area contributed by atoms with Crippen LogP contribution in [0.25, 0.3) is 11.3 Å². The Balaban J connectivity index is 2.26. The first-order chi connectivity index (χ1) is 11.6. The van der Waals surface area contributed by atoms with Crippen LogP contribution in [0.4, 0.5) is 0 Å². The number of allylic oxidation sites excluding steroid dienone is 2. The quantitative estimate of drug-likeness (QED) is 0.479. The Morgan fingerprint density at radius 2 is 1.92 bits per heavy atom. The molecule has 2 aromatic carbocycles. The normalized spacial score (nSPS) is 14.6. The van der Waals surface area contributed by atoms with Gasteiger partial charge in [0.05, 0.1) is 7.11 Å². The molecule has 1 heterocycles. The lowest BCUT2D eigenvalue weighted by Crippen LogP contribution is -2.10. The van der Waals surface area contributed by atoms with E-state index in [4.69, 9.17) is 9.47 Å². The number of hydrogen-bond acceptors (Lipinski definition) is 4. The first kappa shape index (κ1) is 15.6. The van der Waals surface area contributed by atoms with Gasteiger partial charge in [0.25, 0.3) is 0 Å². The average molecular weight is 317 g/mol. The summed E-state index contributed by atoms with van der Waals surface area (Å²) >= 11 is 0. The fourth-order valence-corrected chi connectivity index (χ4v) is 2.57. The Hall–Kier alpha value is -3.32. The van der Waals surface area contributed by atoms with Gasteiger partial charge in [-0.25, -0.2) is 4.79 Å². The second-order valence-electron chi connectivity index (χ2n) is 5.37. The van der Waals surface area contributed by atoms with Gasteiger partial charge in [-0.05, 0) is 25.1 Å². The van der Waals surface area contributed by atoms with Crippen LogP contribution < -0.4 is 4.74 Å². The molecule has 0 unspecified atom stereocenters. The molecule has 0 saturated heterocycles. The van der Waals surface area contributed by atoms with E-state index in [0.29, 0.717) is 22.6 Å². The molecule has 1 aliphatic rings. The van der Waals surface area contributed by atoms with E-state index in [0.717, 1.165) is 11.1 Å². The Labute approximate surface area is 140 Å². The predicted octanol–water partition coefficient (Wildman–Crippen LogP) is 3.88. The number of carbonyl (C=O) groups excluding carboxylic acids is 1. The number of hydrogen-bond donors (Lipinski definition) is 0. The molecule has 0 saturated carbocycles. The van der Waals surface area contributed by atoms with Crippen LogP contribution in [0.1, 0.15) is 16.7 Å². The van der Waals surface area contributed by atoms with E-state index >= 15 is 0 Å². The van der Waals surface area contributed by atoms with Gasteiger partial charge in [0.15, 0.2) is 0 Å². The molecule has 0 aromatic heterocycles. The van der Waals surface area contributed by atoms with E-state index in [-0.39, 0.29) is 5.57 Å². The maximum absolute atomic E-state index is 12.0. The molecule has 0 amide bonds. The fourth-order valence-electron chi connectivity index (χ4n) is 2.57. The van der Waals surface area contributed by atoms with Crippen molar-refractivity contribution in [2.45, 2.75) is 6.92 Å². The monoisotopic (exact) mass is 317 g/mol. The Morgan fingerprint density at radius 3 is 2.58 bits per heavy atom. The molecule has 1 aliphatic heterocycles. The summed E-state index contributed by atoms with van der Waals surface area (Å²) in [6.45, 7) is 1.94. The van der Waals surface area contributed by atoms with Gasteiger partial charge in [0.1, 0.15) is 23.2 Å². The fraction of sp³-hybridized carbons (Fsp3) is 0.100. The third-order valence-corrected chi connectivity index (χ3v) is 3.75. The van der Waals surface area contributed by atoms with E-state index < -0.39 is 5.97 Å². The first-order valence-corrected chi connectivity index (χ1v) is 7.42. The lowest BCUT2D eigenvalue weighted by atomic mass is 9.94. The summed E-state index contributed by atoms with van der Waals surface area (Å²) in [4.78, 5) is 12.0. The summed E-state index contributed by atoms with van der Waals surface area (Å²) in [6, 6.07) is 17.2. The van der Waals surface area contributed by atoms with E-state index in [9.17, 15) is 10.1 Å². The van der Waals surface area contributed by atoms with Crippen molar-refractivity contribution >= 4 is 17.3 Å². The Kier molecular flexibility index (Phi) is 4.17. The summed E-state index contributed by atoms with van der Waals surface area (Å²) in [6.07, 6.45) is 1.71. The maximum atomic E-state index is 12.0. The standard InChI is InChI=1S/C20H15NO3/c1-13-8-9-18-16(10-13)15(17(12-21)20(22)23-2)11-19(24-18)14-6-4-3-5-7-14/h3-11H,1-2H3/b17-15-. The third kappa shape index (κ3) is 2.80. The second-order valence-corrected chi connectivity index (χ2v) is 5.37. The Bertz CT molecular complexity index is 902. The summed E-state index contributed by atoms with van der Waals surface area (Å²) in [7, 11) is 1.26. The minimum Gasteiger partial charge on any atom is -0.465 e. The number of benzene rings is 2. The highest BCUT2D eigenvalue weighted by Crippen LogP contribution is 2.39. The molecule has 24 heavy (non-hydrogen) atoms. The smallest absolute Gasteiger partial charge is 0.349 e. The molecule has 0 aliphatic carbocycles. The highest BCUT2D eigenvalue weighted by molar-refractivity contribution is 6.06. The molecular weight excluding hydrogens is 302 g/mol. The minimum atomic E-state index is -0.662. The number of aryl methyl sites for hydroxylation is 1. The van der Waals surface area contributed by atoms with Crippen LogP contribution in [-0.4, -0.2) is 13.1 Å².